The van der Waals surface area contributed by atoms with Gasteiger partial charge in [-0.25, -0.2) is 0 Å². The predicted octanol–water partition coefficient (Wildman–Crippen LogP) is 0.920. The van der Waals surface area contributed by atoms with Gasteiger partial charge in [0.1, 0.15) is 0 Å². The molecule has 1 atom stereocenters. The molecule has 0 aliphatic carbocycles. The van der Waals surface area contributed by atoms with E-state index in [0.29, 0.717) is 18.5 Å². The molecule has 1 fully saturated rings. The van der Waals surface area contributed by atoms with Crippen LogP contribution in [-0.2, 0) is 6.54 Å². The number of aliphatic hydroxyl groups is 1. The molecule has 1 aromatic heterocycles. The average molecular weight is 254 g/mol. The third-order valence-corrected chi connectivity index (χ3v) is 3.32. The lowest BCUT2D eigenvalue weighted by molar-refractivity contribution is 0.0481. The van der Waals surface area contributed by atoms with E-state index in [1.165, 1.54) is 0 Å². The number of hydrogen-bond acceptors (Lipinski definition) is 6. The van der Waals surface area contributed by atoms with E-state index in [1.807, 2.05) is 13.8 Å². The largest absolute Gasteiger partial charge is 0.407 e. The zero-order valence-electron chi connectivity index (χ0n) is 11.1. The summed E-state index contributed by atoms with van der Waals surface area (Å²) in [5, 5.41) is 21.3. The lowest BCUT2D eigenvalue weighted by Crippen LogP contribution is -2.28. The average Bonchev–Trinajstić information content (AvgIpc) is 2.72. The van der Waals surface area contributed by atoms with Gasteiger partial charge in [0.05, 0.1) is 12.1 Å². The molecular weight excluding hydrogens is 232 g/mol. The summed E-state index contributed by atoms with van der Waals surface area (Å²) in [4.78, 5) is 2.06. The van der Waals surface area contributed by atoms with Gasteiger partial charge in [0.2, 0.25) is 5.89 Å². The van der Waals surface area contributed by atoms with Gasteiger partial charge in [0, 0.05) is 13.1 Å². The second-order valence-corrected chi connectivity index (χ2v) is 5.10. The van der Waals surface area contributed by atoms with Crippen molar-refractivity contribution in [3.05, 3.63) is 5.89 Å². The van der Waals surface area contributed by atoms with Crippen LogP contribution in [0.2, 0.25) is 0 Å². The Morgan fingerprint density at radius 3 is 3.00 bits per heavy atom. The summed E-state index contributed by atoms with van der Waals surface area (Å²) in [6, 6.07) is 0.570. The molecule has 2 N–H and O–H groups in total. The van der Waals surface area contributed by atoms with Gasteiger partial charge < -0.3 is 19.7 Å². The summed E-state index contributed by atoms with van der Waals surface area (Å²) in [7, 11) is 0. The number of aromatic nitrogens is 2. The van der Waals surface area contributed by atoms with E-state index in [-0.39, 0.29) is 0 Å². The van der Waals surface area contributed by atoms with E-state index in [1.54, 1.807) is 0 Å². The molecule has 0 amide bonds. The Balaban J connectivity index is 1.96. The van der Waals surface area contributed by atoms with Crippen molar-refractivity contribution in [2.24, 2.45) is 0 Å². The fraction of sp³-hybridized carbons (Fsp3) is 0.833. The number of hydrogen-bond donors (Lipinski definition) is 2. The normalized spacial score (nSPS) is 25.2. The van der Waals surface area contributed by atoms with Crippen LogP contribution in [0.1, 0.15) is 39.0 Å². The summed E-state index contributed by atoms with van der Waals surface area (Å²) in [5.41, 5.74) is -0.568. The molecule has 1 unspecified atom stereocenters. The lowest BCUT2D eigenvalue weighted by Gasteiger charge is -2.21. The first kappa shape index (κ1) is 13.3. The number of nitrogens with one attached hydrogen (secondary N) is 1. The molecule has 1 aliphatic rings. The topological polar surface area (TPSA) is 74.4 Å². The van der Waals surface area contributed by atoms with Crippen LogP contribution >= 0.6 is 0 Å². The molecule has 2 rings (SSSR count). The van der Waals surface area contributed by atoms with Crippen molar-refractivity contribution in [1.82, 2.24) is 15.5 Å². The fourth-order valence-electron chi connectivity index (χ4n) is 2.13. The van der Waals surface area contributed by atoms with Gasteiger partial charge in [-0.05, 0) is 32.7 Å². The van der Waals surface area contributed by atoms with E-state index in [4.69, 9.17) is 4.42 Å². The van der Waals surface area contributed by atoms with Crippen LogP contribution in [-0.4, -0.2) is 40.5 Å². The van der Waals surface area contributed by atoms with Crippen molar-refractivity contribution in [2.75, 3.05) is 24.5 Å². The summed E-state index contributed by atoms with van der Waals surface area (Å²) in [6.07, 6.45) is 2.50. The first-order chi connectivity index (χ1) is 8.61. The highest BCUT2D eigenvalue weighted by atomic mass is 16.4. The molecule has 1 aromatic rings. The van der Waals surface area contributed by atoms with Crippen molar-refractivity contribution in [2.45, 2.75) is 45.3 Å². The van der Waals surface area contributed by atoms with Gasteiger partial charge in [0.25, 0.3) is 0 Å². The quantitative estimate of drug-likeness (QED) is 0.832. The first-order valence-electron chi connectivity index (χ1n) is 6.61. The minimum atomic E-state index is -0.568. The van der Waals surface area contributed by atoms with Crippen LogP contribution in [0.15, 0.2) is 4.42 Å². The number of nitrogens with zero attached hydrogens (tertiary/aromatic N) is 3. The molecular formula is C12H22N4O2. The van der Waals surface area contributed by atoms with Crippen molar-refractivity contribution < 1.29 is 9.52 Å². The summed E-state index contributed by atoms with van der Waals surface area (Å²) < 4.78 is 5.61. The van der Waals surface area contributed by atoms with Crippen LogP contribution in [0.4, 0.5) is 6.01 Å². The molecule has 1 aliphatic heterocycles. The Morgan fingerprint density at radius 1 is 1.39 bits per heavy atom. The predicted molar refractivity (Wildman–Crippen MR) is 68.4 cm³/mol. The number of rotatable bonds is 4. The molecule has 1 saturated heterocycles. The standard InChI is InChI=1S/C12H22N4O2/c1-3-13-9-10-14-15-11(18-10)16-7-4-5-12(2,17)6-8-16/h13,17H,3-9H2,1-2H3. The maximum absolute atomic E-state index is 10.0. The van der Waals surface area contributed by atoms with E-state index >= 15 is 0 Å². The van der Waals surface area contributed by atoms with Crippen LogP contribution in [0.3, 0.4) is 0 Å². The highest BCUT2D eigenvalue weighted by molar-refractivity contribution is 5.24. The minimum Gasteiger partial charge on any atom is -0.407 e. The van der Waals surface area contributed by atoms with Crippen LogP contribution in [0.5, 0.6) is 0 Å². The summed E-state index contributed by atoms with van der Waals surface area (Å²) >= 11 is 0. The Labute approximate surface area is 107 Å². The second-order valence-electron chi connectivity index (χ2n) is 5.10. The van der Waals surface area contributed by atoms with Gasteiger partial charge in [-0.15, -0.1) is 5.10 Å². The minimum absolute atomic E-state index is 0.568. The highest BCUT2D eigenvalue weighted by Gasteiger charge is 2.26. The molecule has 18 heavy (non-hydrogen) atoms. The molecule has 0 spiro atoms. The first-order valence-corrected chi connectivity index (χ1v) is 6.61. The second kappa shape index (κ2) is 5.67. The third-order valence-electron chi connectivity index (χ3n) is 3.32. The fourth-order valence-corrected chi connectivity index (χ4v) is 2.13. The Kier molecular flexibility index (Phi) is 4.19. The van der Waals surface area contributed by atoms with Crippen molar-refractivity contribution in [3.8, 4) is 0 Å². The van der Waals surface area contributed by atoms with Crippen molar-refractivity contribution in [1.29, 1.82) is 0 Å². The van der Waals surface area contributed by atoms with Crippen molar-refractivity contribution in [3.63, 3.8) is 0 Å². The van der Waals surface area contributed by atoms with E-state index in [0.717, 1.165) is 38.9 Å². The van der Waals surface area contributed by atoms with Gasteiger partial charge >= 0.3 is 6.01 Å². The Hall–Kier alpha value is -1.14. The van der Waals surface area contributed by atoms with E-state index in [2.05, 4.69) is 20.4 Å². The van der Waals surface area contributed by atoms with Crippen LogP contribution < -0.4 is 10.2 Å². The summed E-state index contributed by atoms with van der Waals surface area (Å²) in [5.74, 6) is 0.614. The van der Waals surface area contributed by atoms with E-state index in [9.17, 15) is 5.11 Å². The molecule has 0 saturated carbocycles. The molecule has 2 heterocycles. The molecule has 6 heteroatoms. The smallest absolute Gasteiger partial charge is 0.318 e. The molecule has 102 valence electrons. The molecule has 0 radical (unpaired) electrons. The van der Waals surface area contributed by atoms with E-state index < -0.39 is 5.60 Å². The summed E-state index contributed by atoms with van der Waals surface area (Å²) in [6.45, 7) is 7.03. The maximum atomic E-state index is 10.0. The zero-order chi connectivity index (χ0) is 13.0. The van der Waals surface area contributed by atoms with Crippen LogP contribution in [0.25, 0.3) is 0 Å². The van der Waals surface area contributed by atoms with Gasteiger partial charge in [-0.1, -0.05) is 12.0 Å². The lowest BCUT2D eigenvalue weighted by atomic mass is 9.98. The SMILES string of the molecule is CCNCc1nnc(N2CCCC(C)(O)CC2)o1. The highest BCUT2D eigenvalue weighted by Crippen LogP contribution is 2.24. The zero-order valence-corrected chi connectivity index (χ0v) is 11.1. The number of anilines is 1. The Morgan fingerprint density at radius 2 is 2.22 bits per heavy atom. The van der Waals surface area contributed by atoms with Crippen LogP contribution in [0, 0.1) is 0 Å². The molecule has 0 bridgehead atoms. The molecule has 6 nitrogen and oxygen atoms in total. The van der Waals surface area contributed by atoms with Gasteiger partial charge in [-0.3, -0.25) is 0 Å². The monoisotopic (exact) mass is 254 g/mol. The van der Waals surface area contributed by atoms with Crippen molar-refractivity contribution >= 4 is 6.01 Å². The maximum Gasteiger partial charge on any atom is 0.318 e. The third kappa shape index (κ3) is 3.43. The Bertz CT molecular complexity index is 378. The van der Waals surface area contributed by atoms with Gasteiger partial charge in [-0.2, -0.15) is 0 Å². The molecule has 0 aromatic carbocycles. The van der Waals surface area contributed by atoms with Gasteiger partial charge in [0.15, 0.2) is 0 Å².